The second-order valence-corrected chi connectivity index (χ2v) is 8.15. The van der Waals surface area contributed by atoms with Gasteiger partial charge in [-0.15, -0.1) is 0 Å². The van der Waals surface area contributed by atoms with Crippen molar-refractivity contribution in [3.8, 4) is 11.8 Å². The highest BCUT2D eigenvalue weighted by Gasteiger charge is 2.29. The molecular formula is C23H31N3O. The van der Waals surface area contributed by atoms with Crippen LogP contribution in [0.1, 0.15) is 63.5 Å². The average Bonchev–Trinajstić information content (AvgIpc) is 2.75. The fraction of sp³-hybridized carbons (Fsp3) is 0.565. The van der Waals surface area contributed by atoms with Crippen molar-refractivity contribution in [2.24, 2.45) is 11.8 Å². The molecule has 2 fully saturated rings. The van der Waals surface area contributed by atoms with E-state index in [0.29, 0.717) is 12.1 Å². The largest absolute Gasteiger partial charge is 0.424 e. The third-order valence-electron chi connectivity index (χ3n) is 6.55. The van der Waals surface area contributed by atoms with Crippen molar-refractivity contribution >= 4 is 0 Å². The number of rotatable bonds is 5. The van der Waals surface area contributed by atoms with E-state index in [-0.39, 0.29) is 0 Å². The number of nitrogens with zero attached hydrogens (tertiary/aromatic N) is 3. The third kappa shape index (κ3) is 4.67. The van der Waals surface area contributed by atoms with Gasteiger partial charge in [0.05, 0.1) is 0 Å². The Morgan fingerprint density at radius 3 is 2.19 bits per heavy atom. The molecular weight excluding hydrogens is 334 g/mol. The van der Waals surface area contributed by atoms with Crippen molar-refractivity contribution in [2.75, 3.05) is 13.1 Å². The first-order valence-electron chi connectivity index (χ1n) is 10.6. The molecule has 2 heterocycles. The zero-order valence-electron chi connectivity index (χ0n) is 16.4. The fourth-order valence-electron chi connectivity index (χ4n) is 4.85. The summed E-state index contributed by atoms with van der Waals surface area (Å²) in [6.45, 7) is 4.80. The summed E-state index contributed by atoms with van der Waals surface area (Å²) < 4.78 is 5.70. The van der Waals surface area contributed by atoms with Crippen LogP contribution in [0, 0.1) is 11.8 Å². The summed E-state index contributed by atoms with van der Waals surface area (Å²) >= 11 is 0. The van der Waals surface area contributed by atoms with Gasteiger partial charge in [0.15, 0.2) is 0 Å². The van der Waals surface area contributed by atoms with Gasteiger partial charge in [0, 0.05) is 18.4 Å². The molecule has 1 saturated carbocycles. The first-order valence-corrected chi connectivity index (χ1v) is 10.6. The molecule has 2 aliphatic rings. The molecule has 0 amide bonds. The van der Waals surface area contributed by atoms with Crippen LogP contribution in [0.25, 0.3) is 0 Å². The van der Waals surface area contributed by atoms with Gasteiger partial charge in [-0.05, 0) is 68.5 Å². The molecule has 2 aromatic rings. The van der Waals surface area contributed by atoms with E-state index in [4.69, 9.17) is 4.74 Å². The molecule has 1 atom stereocenters. The third-order valence-corrected chi connectivity index (χ3v) is 6.55. The molecule has 4 rings (SSSR count). The minimum absolute atomic E-state index is 0.392. The maximum Gasteiger partial charge on any atom is 0.321 e. The van der Waals surface area contributed by atoms with Crippen LogP contribution in [0.4, 0.5) is 0 Å². The monoisotopic (exact) mass is 365 g/mol. The Morgan fingerprint density at radius 2 is 1.52 bits per heavy atom. The molecule has 1 saturated heterocycles. The number of likely N-dealkylation sites (tertiary alicyclic amines) is 1. The summed E-state index contributed by atoms with van der Waals surface area (Å²) in [7, 11) is 0. The van der Waals surface area contributed by atoms with Crippen molar-refractivity contribution in [1.29, 1.82) is 0 Å². The number of hydrogen-bond donors (Lipinski definition) is 0. The van der Waals surface area contributed by atoms with E-state index in [1.165, 1.54) is 63.6 Å². The van der Waals surface area contributed by atoms with Gasteiger partial charge < -0.3 is 4.74 Å². The lowest BCUT2D eigenvalue weighted by Crippen LogP contribution is -2.38. The smallest absolute Gasteiger partial charge is 0.321 e. The Hall–Kier alpha value is -1.94. The van der Waals surface area contributed by atoms with Gasteiger partial charge in [0.1, 0.15) is 5.75 Å². The van der Waals surface area contributed by atoms with Gasteiger partial charge >= 0.3 is 6.01 Å². The van der Waals surface area contributed by atoms with E-state index < -0.39 is 0 Å². The van der Waals surface area contributed by atoms with Gasteiger partial charge in [-0.2, -0.15) is 0 Å². The summed E-state index contributed by atoms with van der Waals surface area (Å²) in [5.74, 6) is 2.76. The number of ether oxygens (including phenoxy) is 1. The van der Waals surface area contributed by atoms with Crippen LogP contribution in [0.3, 0.4) is 0 Å². The van der Waals surface area contributed by atoms with Crippen LogP contribution in [-0.4, -0.2) is 28.0 Å². The number of benzene rings is 1. The maximum absolute atomic E-state index is 5.70. The van der Waals surface area contributed by atoms with Crippen LogP contribution >= 0.6 is 0 Å². The highest BCUT2D eigenvalue weighted by Crippen LogP contribution is 2.37. The summed E-state index contributed by atoms with van der Waals surface area (Å²) in [5, 5.41) is 0. The zero-order chi connectivity index (χ0) is 18.5. The lowest BCUT2D eigenvalue weighted by molar-refractivity contribution is 0.100. The fourth-order valence-corrected chi connectivity index (χ4v) is 4.85. The SMILES string of the molecule is CC(c1ccc(Oc2ncccn2)cc1)N1CCC(C2CCCCC2)CC1. The van der Waals surface area contributed by atoms with Crippen LogP contribution in [0.15, 0.2) is 42.7 Å². The molecule has 27 heavy (non-hydrogen) atoms. The molecule has 0 spiro atoms. The topological polar surface area (TPSA) is 38.3 Å². The molecule has 1 aromatic heterocycles. The minimum atomic E-state index is 0.392. The lowest BCUT2D eigenvalue weighted by Gasteiger charge is -2.40. The summed E-state index contributed by atoms with van der Waals surface area (Å²) in [4.78, 5) is 10.9. The average molecular weight is 366 g/mol. The standard InChI is InChI=1S/C23H31N3O/c1-18(26-16-12-21(13-17-26)20-6-3-2-4-7-20)19-8-10-22(11-9-19)27-23-24-14-5-15-25-23/h5,8-11,14-15,18,20-21H,2-4,6-7,12-13,16-17H2,1H3. The molecule has 0 N–H and O–H groups in total. The maximum atomic E-state index is 5.70. The molecule has 4 nitrogen and oxygen atoms in total. The quantitative estimate of drug-likeness (QED) is 0.689. The number of piperidine rings is 1. The Balaban J connectivity index is 1.31. The van der Waals surface area contributed by atoms with E-state index in [9.17, 15) is 0 Å². The first-order chi connectivity index (χ1) is 13.3. The van der Waals surface area contributed by atoms with Gasteiger partial charge in [-0.25, -0.2) is 9.97 Å². The molecule has 1 unspecified atom stereocenters. The molecule has 1 aromatic carbocycles. The van der Waals surface area contributed by atoms with Gasteiger partial charge in [-0.3, -0.25) is 4.90 Å². The Bertz CT molecular complexity index is 689. The van der Waals surface area contributed by atoms with Gasteiger partial charge in [-0.1, -0.05) is 44.2 Å². The van der Waals surface area contributed by atoms with Crippen LogP contribution < -0.4 is 4.74 Å². The molecule has 1 aliphatic carbocycles. The first kappa shape index (κ1) is 18.4. The molecule has 0 radical (unpaired) electrons. The Kier molecular flexibility index (Phi) is 6.03. The van der Waals surface area contributed by atoms with Crippen LogP contribution in [0.2, 0.25) is 0 Å². The predicted molar refractivity (Wildman–Crippen MR) is 108 cm³/mol. The Labute approximate surface area is 163 Å². The normalized spacial score (nSPS) is 21.1. The highest BCUT2D eigenvalue weighted by atomic mass is 16.5. The molecule has 1 aliphatic heterocycles. The molecule has 144 valence electrons. The lowest BCUT2D eigenvalue weighted by atomic mass is 9.75. The van der Waals surface area contributed by atoms with E-state index in [0.717, 1.165) is 17.6 Å². The van der Waals surface area contributed by atoms with Crippen molar-refractivity contribution in [3.63, 3.8) is 0 Å². The van der Waals surface area contributed by atoms with E-state index >= 15 is 0 Å². The van der Waals surface area contributed by atoms with Crippen LogP contribution in [0.5, 0.6) is 11.8 Å². The van der Waals surface area contributed by atoms with E-state index in [1.807, 2.05) is 12.1 Å². The number of hydrogen-bond acceptors (Lipinski definition) is 4. The summed E-state index contributed by atoms with van der Waals surface area (Å²) in [5.41, 5.74) is 1.35. The number of aromatic nitrogens is 2. The van der Waals surface area contributed by atoms with E-state index in [1.54, 1.807) is 18.5 Å². The van der Waals surface area contributed by atoms with Crippen molar-refractivity contribution in [1.82, 2.24) is 14.9 Å². The molecule has 4 heteroatoms. The zero-order valence-corrected chi connectivity index (χ0v) is 16.4. The van der Waals surface area contributed by atoms with Gasteiger partial charge in [0.2, 0.25) is 0 Å². The highest BCUT2D eigenvalue weighted by molar-refractivity contribution is 5.30. The summed E-state index contributed by atoms with van der Waals surface area (Å²) in [6.07, 6.45) is 13.5. The Morgan fingerprint density at radius 1 is 0.889 bits per heavy atom. The van der Waals surface area contributed by atoms with Crippen LogP contribution in [-0.2, 0) is 0 Å². The van der Waals surface area contributed by atoms with E-state index in [2.05, 4.69) is 33.9 Å². The van der Waals surface area contributed by atoms with Crippen molar-refractivity contribution < 1.29 is 4.74 Å². The predicted octanol–water partition coefficient (Wildman–Crippen LogP) is 5.62. The summed E-state index contributed by atoms with van der Waals surface area (Å²) in [6, 6.07) is 11.0. The van der Waals surface area contributed by atoms with Crippen molar-refractivity contribution in [2.45, 2.75) is 57.9 Å². The second-order valence-electron chi connectivity index (χ2n) is 8.15. The molecule has 0 bridgehead atoms. The van der Waals surface area contributed by atoms with Crippen molar-refractivity contribution in [3.05, 3.63) is 48.3 Å². The minimum Gasteiger partial charge on any atom is -0.424 e. The second kappa shape index (κ2) is 8.83. The van der Waals surface area contributed by atoms with Gasteiger partial charge in [0.25, 0.3) is 0 Å².